The average Bonchev–Trinajstić information content (AvgIpc) is 2.92. The first-order chi connectivity index (χ1) is 10.3. The van der Waals surface area contributed by atoms with E-state index in [1.807, 2.05) is 0 Å². The SMILES string of the molecule is C[Si]c1cccc(-c2ccc3c(c2)-c2ccccc2C3)c1. The molecule has 0 atom stereocenters. The molecule has 0 nitrogen and oxygen atoms in total. The monoisotopic (exact) mass is 284 g/mol. The van der Waals surface area contributed by atoms with E-state index in [4.69, 9.17) is 0 Å². The van der Waals surface area contributed by atoms with Crippen molar-refractivity contribution in [3.8, 4) is 22.3 Å². The van der Waals surface area contributed by atoms with Gasteiger partial charge in [-0.15, -0.1) is 0 Å². The Labute approximate surface area is 128 Å². The third-order valence-corrected chi connectivity index (χ3v) is 5.17. The Morgan fingerprint density at radius 3 is 2.43 bits per heavy atom. The van der Waals surface area contributed by atoms with E-state index in [0.717, 1.165) is 15.9 Å². The highest BCUT2D eigenvalue weighted by molar-refractivity contribution is 6.52. The lowest BCUT2D eigenvalue weighted by Crippen LogP contribution is -2.09. The second-order valence-electron chi connectivity index (χ2n) is 5.54. The zero-order valence-electron chi connectivity index (χ0n) is 12.1. The van der Waals surface area contributed by atoms with Crippen molar-refractivity contribution in [2.45, 2.75) is 13.0 Å². The first-order valence-electron chi connectivity index (χ1n) is 7.34. The van der Waals surface area contributed by atoms with E-state index in [9.17, 15) is 0 Å². The topological polar surface area (TPSA) is 0 Å². The molecule has 0 saturated carbocycles. The van der Waals surface area contributed by atoms with Crippen molar-refractivity contribution >= 4 is 14.7 Å². The maximum Gasteiger partial charge on any atom is 0.0773 e. The average molecular weight is 284 g/mol. The second-order valence-corrected chi connectivity index (χ2v) is 6.61. The Balaban J connectivity index is 1.84. The van der Waals surface area contributed by atoms with Crippen molar-refractivity contribution in [2.24, 2.45) is 0 Å². The lowest BCUT2D eigenvalue weighted by molar-refractivity contribution is 1.26. The van der Waals surface area contributed by atoms with E-state index in [1.165, 1.54) is 38.6 Å². The van der Waals surface area contributed by atoms with Crippen LogP contribution in [0.5, 0.6) is 0 Å². The van der Waals surface area contributed by atoms with E-state index in [-0.39, 0.29) is 0 Å². The summed E-state index contributed by atoms with van der Waals surface area (Å²) in [6.07, 6.45) is 1.07. The third-order valence-electron chi connectivity index (χ3n) is 4.28. The van der Waals surface area contributed by atoms with Crippen LogP contribution in [0.15, 0.2) is 66.7 Å². The normalized spacial score (nSPS) is 12.0. The Hall–Kier alpha value is -2.12. The van der Waals surface area contributed by atoms with Gasteiger partial charge in [0.2, 0.25) is 0 Å². The minimum Gasteiger partial charge on any atom is -0.0688 e. The molecule has 3 aromatic carbocycles. The number of hydrogen-bond acceptors (Lipinski definition) is 0. The van der Waals surface area contributed by atoms with Gasteiger partial charge in [0.25, 0.3) is 0 Å². The summed E-state index contributed by atoms with van der Waals surface area (Å²) in [5.41, 5.74) is 8.37. The van der Waals surface area contributed by atoms with Crippen LogP contribution < -0.4 is 5.19 Å². The minimum atomic E-state index is 0.849. The Morgan fingerprint density at radius 2 is 1.52 bits per heavy atom. The molecule has 2 radical (unpaired) electrons. The fourth-order valence-corrected chi connectivity index (χ4v) is 3.72. The van der Waals surface area contributed by atoms with Crippen LogP contribution in [-0.4, -0.2) is 9.52 Å². The standard InChI is InChI=1S/C20H16Si/c1-21-18-7-4-6-14(12-18)15-9-10-17-11-16-5-2-3-8-19(16)20(17)13-15/h2-10,12-13H,11H2,1H3. The summed E-state index contributed by atoms with van der Waals surface area (Å²) >= 11 is 0. The van der Waals surface area contributed by atoms with Crippen molar-refractivity contribution in [3.05, 3.63) is 77.9 Å². The predicted octanol–water partition coefficient (Wildman–Crippen LogP) is 4.30. The fraction of sp³-hybridized carbons (Fsp3) is 0.100. The first-order valence-corrected chi connectivity index (χ1v) is 8.84. The van der Waals surface area contributed by atoms with Gasteiger partial charge in [-0.3, -0.25) is 0 Å². The van der Waals surface area contributed by atoms with Gasteiger partial charge in [-0.2, -0.15) is 0 Å². The summed E-state index contributed by atoms with van der Waals surface area (Å²) < 4.78 is 0. The largest absolute Gasteiger partial charge is 0.0773 e. The van der Waals surface area contributed by atoms with E-state index >= 15 is 0 Å². The van der Waals surface area contributed by atoms with Crippen molar-refractivity contribution in [3.63, 3.8) is 0 Å². The van der Waals surface area contributed by atoms with Gasteiger partial charge in [0.1, 0.15) is 0 Å². The highest BCUT2D eigenvalue weighted by Gasteiger charge is 2.18. The van der Waals surface area contributed by atoms with Crippen LogP contribution in [-0.2, 0) is 6.42 Å². The lowest BCUT2D eigenvalue weighted by atomic mass is 9.99. The quantitative estimate of drug-likeness (QED) is 0.481. The van der Waals surface area contributed by atoms with Crippen LogP contribution in [0.2, 0.25) is 6.55 Å². The zero-order chi connectivity index (χ0) is 14.2. The van der Waals surface area contributed by atoms with Gasteiger partial charge in [0.05, 0.1) is 9.52 Å². The molecule has 0 aliphatic heterocycles. The molecule has 0 heterocycles. The molecule has 0 fully saturated rings. The van der Waals surface area contributed by atoms with Gasteiger partial charge in [-0.1, -0.05) is 72.4 Å². The highest BCUT2D eigenvalue weighted by atomic mass is 28.2. The number of benzene rings is 3. The van der Waals surface area contributed by atoms with Gasteiger partial charge >= 0.3 is 0 Å². The van der Waals surface area contributed by atoms with E-state index in [0.29, 0.717) is 0 Å². The molecular formula is C20H16Si. The number of fused-ring (bicyclic) bond motifs is 3. The molecule has 0 N–H and O–H groups in total. The molecule has 1 aliphatic carbocycles. The van der Waals surface area contributed by atoms with E-state index < -0.39 is 0 Å². The van der Waals surface area contributed by atoms with E-state index in [1.54, 1.807) is 0 Å². The minimum absolute atomic E-state index is 0.849. The molecule has 4 rings (SSSR count). The Kier molecular flexibility index (Phi) is 3.01. The summed E-state index contributed by atoms with van der Waals surface area (Å²) in [7, 11) is 0.849. The molecule has 21 heavy (non-hydrogen) atoms. The van der Waals surface area contributed by atoms with Crippen LogP contribution in [0.25, 0.3) is 22.3 Å². The summed E-state index contributed by atoms with van der Waals surface area (Å²) in [4.78, 5) is 0. The maximum absolute atomic E-state index is 2.36. The fourth-order valence-electron chi connectivity index (χ4n) is 3.16. The smallest absolute Gasteiger partial charge is 0.0688 e. The predicted molar refractivity (Wildman–Crippen MR) is 91.4 cm³/mol. The summed E-state index contributed by atoms with van der Waals surface area (Å²) in [5, 5.41) is 1.42. The molecule has 0 unspecified atom stereocenters. The third kappa shape index (κ3) is 2.14. The van der Waals surface area contributed by atoms with Crippen molar-refractivity contribution in [1.82, 2.24) is 0 Å². The number of rotatable bonds is 2. The van der Waals surface area contributed by atoms with Crippen LogP contribution in [0.3, 0.4) is 0 Å². The van der Waals surface area contributed by atoms with Gasteiger partial charge in [0, 0.05) is 0 Å². The molecule has 0 spiro atoms. The summed E-state index contributed by atoms with van der Waals surface area (Å²) in [6.45, 7) is 2.23. The molecule has 0 amide bonds. The van der Waals surface area contributed by atoms with Crippen molar-refractivity contribution in [2.75, 3.05) is 0 Å². The molecule has 0 aromatic heterocycles. The lowest BCUT2D eigenvalue weighted by Gasteiger charge is -2.07. The molecule has 0 bridgehead atoms. The molecule has 100 valence electrons. The van der Waals surface area contributed by atoms with Crippen LogP contribution in [0.4, 0.5) is 0 Å². The van der Waals surface area contributed by atoms with Crippen LogP contribution >= 0.6 is 0 Å². The van der Waals surface area contributed by atoms with Crippen LogP contribution in [0.1, 0.15) is 11.1 Å². The molecule has 3 aromatic rings. The first kappa shape index (κ1) is 12.6. The zero-order valence-corrected chi connectivity index (χ0v) is 13.1. The van der Waals surface area contributed by atoms with Gasteiger partial charge < -0.3 is 0 Å². The van der Waals surface area contributed by atoms with E-state index in [2.05, 4.69) is 73.3 Å². The molecule has 1 aliphatic rings. The number of hydrogen-bond donors (Lipinski definition) is 0. The van der Waals surface area contributed by atoms with Crippen molar-refractivity contribution in [1.29, 1.82) is 0 Å². The van der Waals surface area contributed by atoms with Gasteiger partial charge in [-0.05, 0) is 45.9 Å². The molecular weight excluding hydrogens is 268 g/mol. The van der Waals surface area contributed by atoms with Crippen LogP contribution in [0, 0.1) is 0 Å². The molecule has 0 saturated heterocycles. The summed E-state index contributed by atoms with van der Waals surface area (Å²) in [6, 6.07) is 24.6. The second kappa shape index (κ2) is 5.01. The Morgan fingerprint density at radius 1 is 0.714 bits per heavy atom. The molecule has 1 heteroatoms. The van der Waals surface area contributed by atoms with Crippen molar-refractivity contribution < 1.29 is 0 Å². The highest BCUT2D eigenvalue weighted by Crippen LogP contribution is 2.38. The maximum atomic E-state index is 2.36. The Bertz CT molecular complexity index is 818. The summed E-state index contributed by atoms with van der Waals surface area (Å²) in [5.74, 6) is 0. The van der Waals surface area contributed by atoms with Gasteiger partial charge in [0.15, 0.2) is 0 Å². The van der Waals surface area contributed by atoms with Gasteiger partial charge in [-0.25, -0.2) is 0 Å².